The Bertz CT molecular complexity index is 1280. The Balaban J connectivity index is 1.72. The minimum absolute atomic E-state index is 0.0955. The zero-order valence-corrected chi connectivity index (χ0v) is 15.2. The fraction of sp³-hybridized carbons (Fsp3) is 0.333. The van der Waals surface area contributed by atoms with Crippen LogP contribution in [0.3, 0.4) is 0 Å². The van der Waals surface area contributed by atoms with E-state index in [4.69, 9.17) is 26.5 Å². The van der Waals surface area contributed by atoms with Crippen molar-refractivity contribution in [3.05, 3.63) is 45.9 Å². The number of nitrogens with one attached hydrogen (secondary N) is 1. The van der Waals surface area contributed by atoms with Gasteiger partial charge in [-0.05, 0) is 30.4 Å². The van der Waals surface area contributed by atoms with Crippen LogP contribution in [0.25, 0.3) is 10.3 Å². The van der Waals surface area contributed by atoms with Gasteiger partial charge in [0.1, 0.15) is 28.7 Å². The van der Waals surface area contributed by atoms with E-state index in [1.165, 1.54) is 6.07 Å². The number of likely N-dealkylation sites (tertiary alicyclic amines) is 1. The van der Waals surface area contributed by atoms with Crippen molar-refractivity contribution in [2.24, 2.45) is 0 Å². The van der Waals surface area contributed by atoms with E-state index in [0.717, 1.165) is 34.7 Å². The Labute approximate surface area is 174 Å². The van der Waals surface area contributed by atoms with Gasteiger partial charge in [0.05, 0.1) is 6.93 Å². The maximum Gasteiger partial charge on any atom is 0.186 e. The molecule has 3 heterocycles. The predicted octanol–water partition coefficient (Wildman–Crippen LogP) is 3.83. The van der Waals surface area contributed by atoms with Gasteiger partial charge >= 0.3 is 0 Å². The molecule has 0 aliphatic carbocycles. The number of thiazole rings is 1. The number of piperidine rings is 1. The van der Waals surface area contributed by atoms with Gasteiger partial charge in [-0.25, -0.2) is 19.3 Å². The molecule has 9 heteroatoms. The number of benzene rings is 1. The molecule has 0 radical (unpaired) electrons. The average molecular weight is 410 g/mol. The Hall–Kier alpha value is -2.34. The monoisotopic (exact) mass is 409 g/mol. The molecule has 1 fully saturated rings. The van der Waals surface area contributed by atoms with Crippen LogP contribution in [0.5, 0.6) is 0 Å². The number of halogens is 2. The minimum Gasteiger partial charge on any atom is -0.366 e. The molecular weight excluding hydrogens is 387 g/mol. The molecule has 138 valence electrons. The van der Waals surface area contributed by atoms with Crippen molar-refractivity contribution in [2.45, 2.75) is 25.3 Å². The summed E-state index contributed by atoms with van der Waals surface area (Å²) in [7, 11) is 0. The molecule has 3 aromatic rings. The standard InChI is InChI=1S/C18H16ClFN6S/c19-18-25-17-15(27-18)16(22-10-23-17)24-13-3-5-26(6-4-13)9-11-1-2-14(20)12(7-11)8-21/h1-2,7,10,13H,3-6,9H2,(H,22,23,24)/i3D2,4D2,9D,13D/hD. The summed E-state index contributed by atoms with van der Waals surface area (Å²) in [5, 5.41) is 9.44. The first kappa shape index (κ1) is 11.5. The molecule has 1 unspecified atom stereocenters. The SMILES string of the molecule is [2H]C(c1ccc(F)c(C#N)c1)N1CC([2H])([2H])C([2H])(N([2H])c2ncnc3nc(Cl)sc23)C([2H])([2H])C1. The number of fused-ring (bicyclic) bond motifs is 1. The second-order valence-electron chi connectivity index (χ2n) is 5.52. The lowest BCUT2D eigenvalue weighted by atomic mass is 10.0. The number of nitriles is 1. The van der Waals surface area contributed by atoms with Gasteiger partial charge in [0.25, 0.3) is 0 Å². The summed E-state index contributed by atoms with van der Waals surface area (Å²) < 4.78 is 74.3. The van der Waals surface area contributed by atoms with Crippen molar-refractivity contribution in [3.63, 3.8) is 0 Å². The van der Waals surface area contributed by atoms with E-state index < -0.39 is 44.2 Å². The molecule has 1 atom stereocenters. The molecule has 4 rings (SSSR count). The topological polar surface area (TPSA) is 77.7 Å². The Morgan fingerprint density at radius 1 is 1.52 bits per heavy atom. The summed E-state index contributed by atoms with van der Waals surface area (Å²) in [6, 6.07) is 2.33. The van der Waals surface area contributed by atoms with Crippen molar-refractivity contribution in [1.82, 2.24) is 19.9 Å². The fourth-order valence-corrected chi connectivity index (χ4v) is 3.45. The van der Waals surface area contributed by atoms with Crippen LogP contribution in [0.15, 0.2) is 24.5 Å². The highest BCUT2D eigenvalue weighted by Crippen LogP contribution is 2.30. The van der Waals surface area contributed by atoms with Gasteiger partial charge in [-0.3, -0.25) is 4.90 Å². The van der Waals surface area contributed by atoms with Crippen LogP contribution in [0.4, 0.5) is 10.2 Å². The number of nitrogens with zero attached hydrogens (tertiary/aromatic N) is 5. The second-order valence-corrected chi connectivity index (χ2v) is 7.10. The Morgan fingerprint density at radius 3 is 3.11 bits per heavy atom. The smallest absolute Gasteiger partial charge is 0.186 e. The summed E-state index contributed by atoms with van der Waals surface area (Å²) >= 11 is 6.85. The van der Waals surface area contributed by atoms with Gasteiger partial charge in [-0.1, -0.05) is 29.0 Å². The highest BCUT2D eigenvalue weighted by atomic mass is 35.5. The molecule has 1 aromatic carbocycles. The number of hydrogen-bond donors (Lipinski definition) is 1. The quantitative estimate of drug-likeness (QED) is 0.705. The third kappa shape index (κ3) is 4.00. The molecule has 0 saturated carbocycles. The fourth-order valence-electron chi connectivity index (χ4n) is 2.46. The van der Waals surface area contributed by atoms with Crippen LogP contribution >= 0.6 is 22.9 Å². The first-order valence-corrected chi connectivity index (χ1v) is 8.94. The van der Waals surface area contributed by atoms with E-state index in [0.29, 0.717) is 5.31 Å². The lowest BCUT2D eigenvalue weighted by Crippen LogP contribution is -2.38. The van der Waals surface area contributed by atoms with Crippen molar-refractivity contribution >= 4 is 39.1 Å². The van der Waals surface area contributed by atoms with Gasteiger partial charge in [-0.15, -0.1) is 0 Å². The van der Waals surface area contributed by atoms with E-state index in [2.05, 4.69) is 15.0 Å². The van der Waals surface area contributed by atoms with Gasteiger partial charge in [0.2, 0.25) is 0 Å². The number of rotatable bonds is 4. The highest BCUT2D eigenvalue weighted by molar-refractivity contribution is 7.22. The van der Waals surface area contributed by atoms with E-state index in [1.807, 2.05) is 0 Å². The van der Waals surface area contributed by atoms with Crippen LogP contribution in [-0.2, 0) is 6.52 Å². The molecule has 1 N–H and O–H groups in total. The van der Waals surface area contributed by atoms with Crippen molar-refractivity contribution in [3.8, 4) is 6.07 Å². The lowest BCUT2D eigenvalue weighted by Gasteiger charge is -2.32. The van der Waals surface area contributed by atoms with E-state index >= 15 is 0 Å². The summed E-state index contributed by atoms with van der Waals surface area (Å²) in [4.78, 5) is 13.0. The summed E-state index contributed by atoms with van der Waals surface area (Å²) in [5.74, 6) is -0.984. The maximum absolute atomic E-state index is 13.7. The summed E-state index contributed by atoms with van der Waals surface area (Å²) in [6.45, 7) is -2.51. The molecule has 0 spiro atoms. The predicted molar refractivity (Wildman–Crippen MR) is 103 cm³/mol. The van der Waals surface area contributed by atoms with Crippen LogP contribution in [0.2, 0.25) is 5.88 Å². The molecule has 27 heavy (non-hydrogen) atoms. The second kappa shape index (κ2) is 7.72. The van der Waals surface area contributed by atoms with Crippen LogP contribution in [-0.4, -0.2) is 39.0 Å². The van der Waals surface area contributed by atoms with Crippen LogP contribution in [0, 0.1) is 17.1 Å². The third-order valence-electron chi connectivity index (χ3n) is 3.71. The summed E-state index contributed by atoms with van der Waals surface area (Å²) in [6.07, 6.45) is -4.29. The van der Waals surface area contributed by atoms with Crippen molar-refractivity contribution < 1.29 is 14.0 Å². The zero-order chi connectivity index (χ0) is 25.1. The first-order valence-electron chi connectivity index (χ1n) is 11.3. The van der Waals surface area contributed by atoms with Gasteiger partial charge in [0, 0.05) is 32.5 Å². The lowest BCUT2D eigenvalue weighted by molar-refractivity contribution is 0.211. The number of aromatic nitrogens is 3. The average Bonchev–Trinajstić information content (AvgIpc) is 3.16. The molecule has 1 aliphatic rings. The van der Waals surface area contributed by atoms with Gasteiger partial charge < -0.3 is 5.31 Å². The molecular formula is C18H16ClFN6S. The third-order valence-corrected chi connectivity index (χ3v) is 4.85. The Kier molecular flexibility index (Phi) is 3.29. The van der Waals surface area contributed by atoms with E-state index in [-0.39, 0.29) is 31.8 Å². The molecule has 1 saturated heterocycles. The minimum atomic E-state index is -2.78. The van der Waals surface area contributed by atoms with E-state index in [9.17, 15) is 4.39 Å². The highest BCUT2D eigenvalue weighted by Gasteiger charge is 2.21. The van der Waals surface area contributed by atoms with Gasteiger partial charge in [0.15, 0.2) is 11.5 Å². The number of hydrogen-bond acceptors (Lipinski definition) is 7. The van der Waals surface area contributed by atoms with E-state index in [1.54, 1.807) is 6.07 Å². The number of anilines is 1. The van der Waals surface area contributed by atoms with Crippen LogP contribution < -0.4 is 5.31 Å². The normalized spacial score (nSPS) is 25.6. The molecule has 1 aliphatic heterocycles. The zero-order valence-electron chi connectivity index (χ0n) is 20.6. The van der Waals surface area contributed by atoms with Crippen molar-refractivity contribution in [1.29, 1.82) is 5.26 Å². The van der Waals surface area contributed by atoms with Crippen LogP contribution in [0.1, 0.15) is 32.1 Å². The summed E-state index contributed by atoms with van der Waals surface area (Å²) in [5.41, 5.74) is 0.0118. The van der Waals surface area contributed by atoms with Gasteiger partial charge in [-0.2, -0.15) is 5.26 Å². The molecule has 0 amide bonds. The molecule has 2 aromatic heterocycles. The first-order chi connectivity index (χ1) is 15.8. The largest absolute Gasteiger partial charge is 0.366 e. The molecule has 0 bridgehead atoms. The maximum atomic E-state index is 13.7. The molecule has 6 nitrogen and oxygen atoms in total. The van der Waals surface area contributed by atoms with Crippen molar-refractivity contribution in [2.75, 3.05) is 18.4 Å². The Morgan fingerprint density at radius 2 is 2.33 bits per heavy atom.